The molecule has 0 radical (unpaired) electrons. The van der Waals surface area contributed by atoms with E-state index in [9.17, 15) is 0 Å². The van der Waals surface area contributed by atoms with Crippen LogP contribution in [0, 0.1) is 11.3 Å². The summed E-state index contributed by atoms with van der Waals surface area (Å²) in [5.41, 5.74) is 4.88. The van der Waals surface area contributed by atoms with E-state index in [1.165, 1.54) is 6.42 Å². The minimum absolute atomic E-state index is 0. The summed E-state index contributed by atoms with van der Waals surface area (Å²) in [6.07, 6.45) is 8.87. The molecule has 2 aliphatic rings. The van der Waals surface area contributed by atoms with E-state index in [4.69, 9.17) is 0 Å². The summed E-state index contributed by atoms with van der Waals surface area (Å²) in [4.78, 5) is 0. The van der Waals surface area contributed by atoms with Gasteiger partial charge in [0.1, 0.15) is 0 Å². The molecule has 1 unspecified atom stereocenters. The zero-order valence-electron chi connectivity index (χ0n) is 15.8. The van der Waals surface area contributed by atoms with Crippen LogP contribution in [0.15, 0.2) is 41.5 Å². The van der Waals surface area contributed by atoms with Crippen LogP contribution in [0.1, 0.15) is 48.0 Å². The largest absolute Gasteiger partial charge is 1.00 e. The number of hydrogen-bond donors (Lipinski definition) is 0. The first-order valence-corrected chi connectivity index (χ1v) is 16.8. The molecule has 1 atom stereocenters. The predicted molar refractivity (Wildman–Crippen MR) is 93.3 cm³/mol. The Hall–Kier alpha value is 0.640. The molecule has 4 heteroatoms. The Labute approximate surface area is 163 Å². The van der Waals surface area contributed by atoms with Crippen molar-refractivity contribution in [3.05, 3.63) is 41.5 Å². The number of rotatable bonds is 2. The van der Waals surface area contributed by atoms with Gasteiger partial charge in [-0.05, 0) is 0 Å². The zero-order chi connectivity index (χ0) is 15.9. The van der Waals surface area contributed by atoms with Crippen molar-refractivity contribution in [2.45, 2.75) is 61.1 Å². The van der Waals surface area contributed by atoms with Crippen LogP contribution in [-0.2, 0) is 20.4 Å². The molecule has 23 heavy (non-hydrogen) atoms. The first kappa shape index (κ1) is 23.6. The first-order chi connectivity index (χ1) is 9.62. The molecule has 0 saturated carbocycles. The third-order valence-electron chi connectivity index (χ3n) is 4.78. The Morgan fingerprint density at radius 1 is 1.13 bits per heavy atom. The summed E-state index contributed by atoms with van der Waals surface area (Å²) in [5, 5.41) is 0. The molecule has 2 aliphatic carbocycles. The molecular weight excluding hydrogens is 418 g/mol. The molecular formula is C19H30Cl2SiZr. The van der Waals surface area contributed by atoms with E-state index < -0.39 is 20.4 Å². The van der Waals surface area contributed by atoms with Crippen LogP contribution in [0.3, 0.4) is 0 Å². The van der Waals surface area contributed by atoms with Crippen LogP contribution >= 0.6 is 0 Å². The second kappa shape index (κ2) is 8.84. The quantitative estimate of drug-likeness (QED) is 0.522. The molecule has 2 rings (SSSR count). The average molecular weight is 449 g/mol. The van der Waals surface area contributed by atoms with Crippen LogP contribution in [0.2, 0.25) is 13.1 Å². The second-order valence-electron chi connectivity index (χ2n) is 7.84. The predicted octanol–water partition coefficient (Wildman–Crippen LogP) is -0.00620. The SMILES string of the molecule is CC1=CC(C)[C]([Zr+2]([C]2=CC(C(C)(C)C)=CC2)=[Si](C)C)=C1C.[Cl-].[Cl-]. The van der Waals surface area contributed by atoms with Crippen molar-refractivity contribution in [2.75, 3.05) is 0 Å². The van der Waals surface area contributed by atoms with Gasteiger partial charge in [-0.3, -0.25) is 0 Å². The van der Waals surface area contributed by atoms with Gasteiger partial charge in [-0.1, -0.05) is 0 Å². The van der Waals surface area contributed by atoms with Gasteiger partial charge in [0.05, 0.1) is 0 Å². The van der Waals surface area contributed by atoms with Crippen molar-refractivity contribution in [1.82, 2.24) is 0 Å². The Morgan fingerprint density at radius 3 is 2.04 bits per heavy atom. The van der Waals surface area contributed by atoms with Crippen LogP contribution in [0.4, 0.5) is 0 Å². The van der Waals surface area contributed by atoms with Gasteiger partial charge < -0.3 is 24.8 Å². The molecule has 0 N–H and O–H groups in total. The van der Waals surface area contributed by atoms with Gasteiger partial charge in [-0.25, -0.2) is 0 Å². The Bertz CT molecular complexity index is 624. The van der Waals surface area contributed by atoms with Gasteiger partial charge in [0, 0.05) is 0 Å². The topological polar surface area (TPSA) is 0 Å². The van der Waals surface area contributed by atoms with Crippen LogP contribution in [0.5, 0.6) is 0 Å². The van der Waals surface area contributed by atoms with Crippen molar-refractivity contribution in [1.29, 1.82) is 0 Å². The standard InChI is InChI=1S/C9H13.C8H11.C2H6Si.2ClH.Zr/c1-9(2,3)8-6-4-5-7-8;1-6-4-7(2)8(3)5-6;1-3-2;;;/h6-7H,4H2,1-3H3;4,6H,1-3H3;1-2H3;2*1H;/q;;;;;+2/p-2. The van der Waals surface area contributed by atoms with Gasteiger partial charge >= 0.3 is 140 Å². The average Bonchev–Trinajstić information content (AvgIpc) is 2.90. The van der Waals surface area contributed by atoms with E-state index >= 15 is 0 Å². The van der Waals surface area contributed by atoms with E-state index in [1.54, 1.807) is 16.7 Å². The fraction of sp³-hybridized carbons (Fsp3) is 0.579. The Morgan fingerprint density at radius 2 is 1.70 bits per heavy atom. The van der Waals surface area contributed by atoms with Gasteiger partial charge in [0.15, 0.2) is 0 Å². The third-order valence-corrected chi connectivity index (χ3v) is 22.4. The van der Waals surface area contributed by atoms with Gasteiger partial charge in [0.25, 0.3) is 0 Å². The summed E-state index contributed by atoms with van der Waals surface area (Å²) in [5.74, 6) is 0.707. The number of allylic oxidation sites excluding steroid dienone is 8. The van der Waals surface area contributed by atoms with E-state index in [2.05, 4.69) is 72.9 Å². The molecule has 0 aliphatic heterocycles. The normalized spacial score (nSPS) is 20.0. The minimum Gasteiger partial charge on any atom is -1.00 e. The number of halogens is 2. The maximum absolute atomic E-state index is 2.60. The molecule has 0 spiro atoms. The molecule has 0 amide bonds. The second-order valence-corrected chi connectivity index (χ2v) is 24.9. The smallest absolute Gasteiger partial charge is 1.00 e. The third kappa shape index (κ3) is 5.06. The van der Waals surface area contributed by atoms with E-state index in [1.807, 2.05) is 6.56 Å². The van der Waals surface area contributed by atoms with E-state index in [-0.39, 0.29) is 30.2 Å². The summed E-state index contributed by atoms with van der Waals surface area (Å²) in [6.45, 7) is 19.3. The van der Waals surface area contributed by atoms with Crippen LogP contribution in [0.25, 0.3) is 0 Å². The first-order valence-electron chi connectivity index (χ1n) is 8.12. The molecule has 0 heterocycles. The molecule has 0 bridgehead atoms. The molecule has 0 saturated heterocycles. The van der Waals surface area contributed by atoms with Crippen LogP contribution < -0.4 is 24.8 Å². The van der Waals surface area contributed by atoms with Gasteiger partial charge in [0.2, 0.25) is 0 Å². The van der Waals surface area contributed by atoms with Gasteiger partial charge in [-0.15, -0.1) is 0 Å². The number of hydrogen-bond acceptors (Lipinski definition) is 0. The van der Waals surface area contributed by atoms with Crippen molar-refractivity contribution in [2.24, 2.45) is 11.3 Å². The molecule has 0 aromatic heterocycles. The van der Waals surface area contributed by atoms with E-state index in [0.717, 1.165) is 0 Å². The molecule has 0 fully saturated rings. The maximum Gasteiger partial charge on any atom is -1.00 e. The van der Waals surface area contributed by atoms with Crippen LogP contribution in [-0.4, -0.2) is 5.43 Å². The zero-order valence-corrected chi connectivity index (χ0v) is 20.7. The maximum atomic E-state index is 2.60. The van der Waals surface area contributed by atoms with Gasteiger partial charge in [-0.2, -0.15) is 0 Å². The molecule has 0 aromatic carbocycles. The van der Waals surface area contributed by atoms with Crippen molar-refractivity contribution >= 4 is 5.43 Å². The molecule has 0 aromatic rings. The fourth-order valence-corrected chi connectivity index (χ4v) is 22.0. The van der Waals surface area contributed by atoms with Crippen molar-refractivity contribution in [3.8, 4) is 0 Å². The summed E-state index contributed by atoms with van der Waals surface area (Å²) < 4.78 is 3.77. The summed E-state index contributed by atoms with van der Waals surface area (Å²) in [7, 11) is 0. The Kier molecular flexibility index (Phi) is 9.08. The molecule has 0 nitrogen and oxygen atoms in total. The minimum atomic E-state index is -1.62. The molecule has 128 valence electrons. The Balaban J connectivity index is 0.00000242. The summed E-state index contributed by atoms with van der Waals surface area (Å²) in [6, 6.07) is 0. The monoisotopic (exact) mass is 446 g/mol. The summed E-state index contributed by atoms with van der Waals surface area (Å²) >= 11 is -1.62. The van der Waals surface area contributed by atoms with Crippen molar-refractivity contribution < 1.29 is 45.2 Å². The fourth-order valence-electron chi connectivity index (χ4n) is 3.54. The van der Waals surface area contributed by atoms with E-state index in [0.29, 0.717) is 11.3 Å². The van der Waals surface area contributed by atoms with Crippen molar-refractivity contribution in [3.63, 3.8) is 0 Å².